The van der Waals surface area contributed by atoms with Crippen LogP contribution in [0.1, 0.15) is 26.7 Å². The summed E-state index contributed by atoms with van der Waals surface area (Å²) in [7, 11) is 0. The summed E-state index contributed by atoms with van der Waals surface area (Å²) >= 11 is 0. The minimum atomic E-state index is 0. The molecular formula is C8H14Ca. The van der Waals surface area contributed by atoms with Crippen LogP contribution in [-0.2, 0) is 0 Å². The quantitative estimate of drug-likeness (QED) is 0.419. The number of hydrogen-bond donors (Lipinski definition) is 0. The van der Waals surface area contributed by atoms with Crippen molar-refractivity contribution in [2.45, 2.75) is 26.7 Å². The Morgan fingerprint density at radius 2 is 1.11 bits per heavy atom. The van der Waals surface area contributed by atoms with E-state index < -0.39 is 0 Å². The zero-order chi connectivity index (χ0) is 6.83. The summed E-state index contributed by atoms with van der Waals surface area (Å²) in [6.07, 6.45) is 5.19. The van der Waals surface area contributed by atoms with Crippen LogP contribution < -0.4 is 0 Å². The second-order valence-corrected chi connectivity index (χ2v) is 1.29. The average Bonchev–Trinajstić information content (AvgIpc) is 1.88. The van der Waals surface area contributed by atoms with E-state index in [1.54, 1.807) is 12.2 Å². The van der Waals surface area contributed by atoms with Crippen LogP contribution in [0.15, 0.2) is 12.2 Å². The third-order valence-corrected chi connectivity index (χ3v) is 0.471. The van der Waals surface area contributed by atoms with Crippen LogP contribution in [0.25, 0.3) is 0 Å². The fourth-order valence-electron chi connectivity index (χ4n) is 0. The molecule has 0 saturated heterocycles. The van der Waals surface area contributed by atoms with Gasteiger partial charge in [-0.1, -0.05) is 26.7 Å². The van der Waals surface area contributed by atoms with E-state index in [0.29, 0.717) is 0 Å². The topological polar surface area (TPSA) is 0 Å². The standard InChI is InChI=1S/2C4H7.Ca/c2*1-3-4-2;/h2*1,3H,4H2,2H3;/q2*-1;+2. The van der Waals surface area contributed by atoms with Crippen molar-refractivity contribution >= 4 is 37.7 Å². The average molecular weight is 150 g/mol. The first-order chi connectivity index (χ1) is 3.83. The van der Waals surface area contributed by atoms with Crippen molar-refractivity contribution in [1.82, 2.24) is 0 Å². The third-order valence-electron chi connectivity index (χ3n) is 0.471. The SMILES string of the molecule is [CH-]=CCC.[CH-]=CCC.[Ca+2]. The van der Waals surface area contributed by atoms with Gasteiger partial charge in [0.05, 0.1) is 0 Å². The number of allylic oxidation sites excluding steroid dienone is 2. The van der Waals surface area contributed by atoms with Gasteiger partial charge in [-0.15, -0.1) is 0 Å². The summed E-state index contributed by atoms with van der Waals surface area (Å²) in [6.45, 7) is 13.8. The van der Waals surface area contributed by atoms with E-state index in [1.807, 2.05) is 13.8 Å². The predicted octanol–water partition coefficient (Wildman–Crippen LogP) is 2.39. The molecule has 0 aliphatic heterocycles. The molecule has 0 fully saturated rings. The zero-order valence-electron chi connectivity index (χ0n) is 6.43. The molecule has 0 aromatic carbocycles. The van der Waals surface area contributed by atoms with Gasteiger partial charge in [0.15, 0.2) is 0 Å². The van der Waals surface area contributed by atoms with Gasteiger partial charge in [-0.25, -0.2) is 0 Å². The Balaban J connectivity index is -0.0000000720. The molecule has 9 heavy (non-hydrogen) atoms. The van der Waals surface area contributed by atoms with Crippen LogP contribution in [0, 0.1) is 13.2 Å². The number of hydrogen-bond acceptors (Lipinski definition) is 0. The fraction of sp³-hybridized carbons (Fsp3) is 0.500. The normalized spacial score (nSPS) is 5.56. The Labute approximate surface area is 89.0 Å². The molecule has 1 heteroatoms. The smallest absolute Gasteiger partial charge is 0.518 e. The molecule has 0 aromatic heterocycles. The molecule has 0 nitrogen and oxygen atoms in total. The summed E-state index contributed by atoms with van der Waals surface area (Å²) < 4.78 is 0. The first-order valence-electron chi connectivity index (χ1n) is 2.90. The number of rotatable bonds is 2. The van der Waals surface area contributed by atoms with Gasteiger partial charge >= 0.3 is 37.7 Å². The maximum atomic E-state index is 4.90. The van der Waals surface area contributed by atoms with Gasteiger partial charge in [-0.2, -0.15) is 0 Å². The van der Waals surface area contributed by atoms with Gasteiger partial charge in [0.25, 0.3) is 0 Å². The van der Waals surface area contributed by atoms with Crippen LogP contribution in [0.5, 0.6) is 0 Å². The van der Waals surface area contributed by atoms with Gasteiger partial charge in [-0.3, -0.25) is 12.2 Å². The molecule has 0 saturated carbocycles. The largest absolute Gasteiger partial charge is 2.00 e. The molecule has 0 N–H and O–H groups in total. The molecule has 0 heterocycles. The minimum Gasteiger partial charge on any atom is -0.518 e. The van der Waals surface area contributed by atoms with Gasteiger partial charge in [0, 0.05) is 0 Å². The molecular weight excluding hydrogens is 136 g/mol. The van der Waals surface area contributed by atoms with Crippen LogP contribution >= 0.6 is 0 Å². The first-order valence-corrected chi connectivity index (χ1v) is 2.90. The predicted molar refractivity (Wildman–Crippen MR) is 44.1 cm³/mol. The monoisotopic (exact) mass is 150 g/mol. The second-order valence-electron chi connectivity index (χ2n) is 1.29. The van der Waals surface area contributed by atoms with Crippen LogP contribution in [0.2, 0.25) is 0 Å². The Hall–Kier alpha value is 0.740. The van der Waals surface area contributed by atoms with E-state index in [9.17, 15) is 0 Å². The Bertz CT molecular complexity index is 40.5. The first kappa shape index (κ1) is 16.4. The molecule has 0 spiro atoms. The molecule has 0 unspecified atom stereocenters. The van der Waals surface area contributed by atoms with Crippen LogP contribution in [-0.4, -0.2) is 37.7 Å². The van der Waals surface area contributed by atoms with Crippen molar-refractivity contribution in [3.8, 4) is 0 Å². The fourth-order valence-corrected chi connectivity index (χ4v) is 0. The van der Waals surface area contributed by atoms with Crippen molar-refractivity contribution < 1.29 is 0 Å². The van der Waals surface area contributed by atoms with E-state index in [-0.39, 0.29) is 37.7 Å². The van der Waals surface area contributed by atoms with Gasteiger partial charge in [0.1, 0.15) is 0 Å². The summed E-state index contributed by atoms with van der Waals surface area (Å²) in [4.78, 5) is 0. The molecule has 0 radical (unpaired) electrons. The van der Waals surface area contributed by atoms with Gasteiger partial charge < -0.3 is 13.2 Å². The molecule has 0 aliphatic carbocycles. The maximum absolute atomic E-state index is 4.90. The maximum Gasteiger partial charge on any atom is 2.00 e. The molecule has 0 aliphatic rings. The Morgan fingerprint density at radius 3 is 1.11 bits per heavy atom. The summed E-state index contributed by atoms with van der Waals surface area (Å²) in [5, 5.41) is 0. The van der Waals surface area contributed by atoms with Crippen molar-refractivity contribution in [3.63, 3.8) is 0 Å². The van der Waals surface area contributed by atoms with E-state index in [0.717, 1.165) is 12.8 Å². The van der Waals surface area contributed by atoms with Crippen LogP contribution in [0.3, 0.4) is 0 Å². The second kappa shape index (κ2) is 23.3. The summed E-state index contributed by atoms with van der Waals surface area (Å²) in [6, 6.07) is 0. The minimum absolute atomic E-state index is 0. The zero-order valence-corrected chi connectivity index (χ0v) is 8.64. The van der Waals surface area contributed by atoms with Crippen molar-refractivity contribution in [1.29, 1.82) is 0 Å². The van der Waals surface area contributed by atoms with Crippen molar-refractivity contribution in [2.24, 2.45) is 0 Å². The Morgan fingerprint density at radius 1 is 1.00 bits per heavy atom. The molecule has 0 amide bonds. The van der Waals surface area contributed by atoms with Gasteiger partial charge in [0.2, 0.25) is 0 Å². The van der Waals surface area contributed by atoms with E-state index >= 15 is 0 Å². The summed E-state index contributed by atoms with van der Waals surface area (Å²) in [5.74, 6) is 0. The Kier molecular flexibility index (Phi) is 42.4. The third kappa shape index (κ3) is 52.9. The van der Waals surface area contributed by atoms with E-state index in [2.05, 4.69) is 0 Å². The van der Waals surface area contributed by atoms with E-state index in [1.165, 1.54) is 0 Å². The van der Waals surface area contributed by atoms with Gasteiger partial charge in [-0.05, 0) is 0 Å². The summed E-state index contributed by atoms with van der Waals surface area (Å²) in [5.41, 5.74) is 0. The molecule has 0 atom stereocenters. The van der Waals surface area contributed by atoms with Crippen molar-refractivity contribution in [3.05, 3.63) is 25.3 Å². The molecule has 0 bridgehead atoms. The van der Waals surface area contributed by atoms with Crippen LogP contribution in [0.4, 0.5) is 0 Å². The molecule has 0 aromatic rings. The van der Waals surface area contributed by atoms with E-state index in [4.69, 9.17) is 13.2 Å². The van der Waals surface area contributed by atoms with Crippen molar-refractivity contribution in [2.75, 3.05) is 0 Å². The molecule has 0 rings (SSSR count). The molecule has 48 valence electrons.